The molecule has 1 unspecified atom stereocenters. The molecule has 3 rings (SSSR count). The second kappa shape index (κ2) is 7.89. The second-order valence-corrected chi connectivity index (χ2v) is 6.34. The third-order valence-corrected chi connectivity index (χ3v) is 4.53. The molecule has 3 aromatic rings. The lowest BCUT2D eigenvalue weighted by Gasteiger charge is -2.34. The Kier molecular flexibility index (Phi) is 5.39. The highest BCUT2D eigenvalue weighted by atomic mass is 16.1. The summed E-state index contributed by atoms with van der Waals surface area (Å²) in [4.78, 5) is 21.0. The molecular formula is C21H22N4O. The first kappa shape index (κ1) is 17.8. The van der Waals surface area contributed by atoms with E-state index in [4.69, 9.17) is 5.73 Å². The SMILES string of the molecule is Cc1ccccc1C(Cc1cccnc1)(NCc1cccnc1)C(N)=O. The van der Waals surface area contributed by atoms with E-state index in [0.29, 0.717) is 13.0 Å². The van der Waals surface area contributed by atoms with Crippen LogP contribution < -0.4 is 11.1 Å². The lowest BCUT2D eigenvalue weighted by atomic mass is 9.81. The Hall–Kier alpha value is -3.05. The summed E-state index contributed by atoms with van der Waals surface area (Å²) in [6.07, 6.45) is 7.40. The van der Waals surface area contributed by atoms with Crippen molar-refractivity contribution in [2.24, 2.45) is 5.73 Å². The van der Waals surface area contributed by atoms with Gasteiger partial charge in [0.15, 0.2) is 0 Å². The molecule has 26 heavy (non-hydrogen) atoms. The molecule has 5 nitrogen and oxygen atoms in total. The van der Waals surface area contributed by atoms with Crippen LogP contribution in [0.1, 0.15) is 22.3 Å². The molecule has 1 amide bonds. The molecule has 3 N–H and O–H groups in total. The van der Waals surface area contributed by atoms with Gasteiger partial charge in [-0.25, -0.2) is 0 Å². The van der Waals surface area contributed by atoms with Gasteiger partial charge < -0.3 is 5.73 Å². The number of hydrogen-bond acceptors (Lipinski definition) is 4. The monoisotopic (exact) mass is 346 g/mol. The van der Waals surface area contributed by atoms with Gasteiger partial charge in [0.25, 0.3) is 0 Å². The quantitative estimate of drug-likeness (QED) is 0.689. The molecule has 0 aliphatic rings. The molecule has 0 saturated carbocycles. The molecule has 5 heteroatoms. The minimum Gasteiger partial charge on any atom is -0.368 e. The van der Waals surface area contributed by atoms with Crippen molar-refractivity contribution in [2.75, 3.05) is 0 Å². The summed E-state index contributed by atoms with van der Waals surface area (Å²) >= 11 is 0. The number of benzene rings is 1. The van der Waals surface area contributed by atoms with E-state index in [0.717, 1.165) is 22.3 Å². The summed E-state index contributed by atoms with van der Waals surface area (Å²) in [5.74, 6) is -0.417. The van der Waals surface area contributed by atoms with Gasteiger partial charge >= 0.3 is 0 Å². The van der Waals surface area contributed by atoms with Crippen LogP contribution in [0, 0.1) is 6.92 Å². The molecule has 0 spiro atoms. The summed E-state index contributed by atoms with van der Waals surface area (Å²) in [6, 6.07) is 15.5. The Labute approximate surface area is 153 Å². The number of nitrogens with one attached hydrogen (secondary N) is 1. The fraction of sp³-hybridized carbons (Fsp3) is 0.190. The number of aromatic nitrogens is 2. The van der Waals surface area contributed by atoms with Crippen LogP contribution in [0.2, 0.25) is 0 Å². The number of pyridine rings is 2. The maximum absolute atomic E-state index is 12.7. The van der Waals surface area contributed by atoms with Gasteiger partial charge in [0, 0.05) is 37.8 Å². The van der Waals surface area contributed by atoms with Crippen LogP contribution in [0.25, 0.3) is 0 Å². The molecule has 0 saturated heterocycles. The van der Waals surface area contributed by atoms with Crippen LogP contribution in [-0.2, 0) is 23.3 Å². The highest BCUT2D eigenvalue weighted by Crippen LogP contribution is 2.29. The zero-order valence-electron chi connectivity index (χ0n) is 14.7. The average molecular weight is 346 g/mol. The Bertz CT molecular complexity index is 867. The molecule has 0 bridgehead atoms. The molecule has 0 radical (unpaired) electrons. The van der Waals surface area contributed by atoms with Crippen LogP contribution in [0.3, 0.4) is 0 Å². The number of nitrogens with two attached hydrogens (primary N) is 1. The number of primary amides is 1. The minimum absolute atomic E-state index is 0.417. The fourth-order valence-electron chi connectivity index (χ4n) is 3.18. The van der Waals surface area contributed by atoms with Crippen molar-refractivity contribution in [3.63, 3.8) is 0 Å². The van der Waals surface area contributed by atoms with Crippen molar-refractivity contribution < 1.29 is 4.79 Å². The minimum atomic E-state index is -1.04. The van der Waals surface area contributed by atoms with E-state index in [9.17, 15) is 4.79 Å². The van der Waals surface area contributed by atoms with Gasteiger partial charge in [-0.15, -0.1) is 0 Å². The van der Waals surface area contributed by atoms with Gasteiger partial charge in [-0.05, 0) is 41.3 Å². The van der Waals surface area contributed by atoms with Crippen molar-refractivity contribution in [1.82, 2.24) is 15.3 Å². The maximum Gasteiger partial charge on any atom is 0.242 e. The lowest BCUT2D eigenvalue weighted by molar-refractivity contribution is -0.125. The third kappa shape index (κ3) is 3.78. The van der Waals surface area contributed by atoms with Gasteiger partial charge in [0.2, 0.25) is 5.91 Å². The first-order valence-electron chi connectivity index (χ1n) is 8.51. The molecule has 1 aromatic carbocycles. The van der Waals surface area contributed by atoms with E-state index in [1.807, 2.05) is 55.5 Å². The largest absolute Gasteiger partial charge is 0.368 e. The standard InChI is InChI=1S/C21H22N4O/c1-16-6-2-3-9-19(16)21(20(22)26,12-17-7-4-10-23-13-17)25-15-18-8-5-11-24-14-18/h2-11,13-14,25H,12,15H2,1H3,(H2,22,26). The van der Waals surface area contributed by atoms with Crippen LogP contribution in [0.5, 0.6) is 0 Å². The Morgan fingerprint density at radius 1 is 1.00 bits per heavy atom. The number of rotatable bonds is 7. The second-order valence-electron chi connectivity index (χ2n) is 6.34. The molecule has 1 atom stereocenters. The number of amides is 1. The summed E-state index contributed by atoms with van der Waals surface area (Å²) in [6.45, 7) is 2.47. The number of carbonyl (C=O) groups excluding carboxylic acids is 1. The molecule has 0 fully saturated rings. The third-order valence-electron chi connectivity index (χ3n) is 4.53. The van der Waals surface area contributed by atoms with Gasteiger partial charge in [-0.1, -0.05) is 36.4 Å². The van der Waals surface area contributed by atoms with Gasteiger partial charge in [-0.3, -0.25) is 20.1 Å². The molecule has 132 valence electrons. The van der Waals surface area contributed by atoms with Crippen molar-refractivity contribution in [3.8, 4) is 0 Å². The van der Waals surface area contributed by atoms with Crippen molar-refractivity contribution in [1.29, 1.82) is 0 Å². The summed E-state index contributed by atoms with van der Waals surface area (Å²) in [7, 11) is 0. The lowest BCUT2D eigenvalue weighted by Crippen LogP contribution is -2.54. The molecule has 0 aliphatic heterocycles. The van der Waals surface area contributed by atoms with Gasteiger partial charge in [-0.2, -0.15) is 0 Å². The highest BCUT2D eigenvalue weighted by Gasteiger charge is 2.39. The Morgan fingerprint density at radius 3 is 2.23 bits per heavy atom. The summed E-state index contributed by atoms with van der Waals surface area (Å²) < 4.78 is 0. The first-order valence-corrected chi connectivity index (χ1v) is 8.51. The normalized spacial score (nSPS) is 13.1. The van der Waals surface area contributed by atoms with Crippen LogP contribution in [-0.4, -0.2) is 15.9 Å². The van der Waals surface area contributed by atoms with E-state index in [2.05, 4.69) is 15.3 Å². The molecular weight excluding hydrogens is 324 g/mol. The van der Waals surface area contributed by atoms with E-state index in [-0.39, 0.29) is 0 Å². The Morgan fingerprint density at radius 2 is 1.65 bits per heavy atom. The van der Waals surface area contributed by atoms with Crippen LogP contribution in [0.15, 0.2) is 73.3 Å². The van der Waals surface area contributed by atoms with Crippen molar-refractivity contribution in [3.05, 3.63) is 95.6 Å². The predicted octanol–water partition coefficient (Wildman–Crippen LogP) is 2.50. The molecule has 2 aromatic heterocycles. The smallest absolute Gasteiger partial charge is 0.242 e. The zero-order chi connectivity index (χ0) is 18.4. The van der Waals surface area contributed by atoms with Crippen LogP contribution >= 0.6 is 0 Å². The number of aryl methyl sites for hydroxylation is 1. The number of carbonyl (C=O) groups is 1. The van der Waals surface area contributed by atoms with Crippen molar-refractivity contribution in [2.45, 2.75) is 25.4 Å². The summed E-state index contributed by atoms with van der Waals surface area (Å²) in [5.41, 5.74) is 8.72. The van der Waals surface area contributed by atoms with E-state index >= 15 is 0 Å². The zero-order valence-corrected chi connectivity index (χ0v) is 14.7. The maximum atomic E-state index is 12.7. The van der Waals surface area contributed by atoms with E-state index in [1.165, 1.54) is 0 Å². The Balaban J connectivity index is 2.03. The molecule has 0 aliphatic carbocycles. The highest BCUT2D eigenvalue weighted by molar-refractivity contribution is 5.87. The summed E-state index contributed by atoms with van der Waals surface area (Å²) in [5, 5.41) is 3.41. The predicted molar refractivity (Wildman–Crippen MR) is 101 cm³/mol. The van der Waals surface area contributed by atoms with Gasteiger partial charge in [0.1, 0.15) is 5.54 Å². The van der Waals surface area contributed by atoms with Crippen LogP contribution in [0.4, 0.5) is 0 Å². The average Bonchev–Trinajstić information content (AvgIpc) is 2.67. The number of hydrogen-bond donors (Lipinski definition) is 2. The number of nitrogens with zero attached hydrogens (tertiary/aromatic N) is 2. The van der Waals surface area contributed by atoms with E-state index < -0.39 is 11.4 Å². The molecule has 2 heterocycles. The van der Waals surface area contributed by atoms with E-state index in [1.54, 1.807) is 24.8 Å². The van der Waals surface area contributed by atoms with Gasteiger partial charge in [0.05, 0.1) is 0 Å². The topological polar surface area (TPSA) is 80.9 Å². The first-order chi connectivity index (χ1) is 12.6. The van der Waals surface area contributed by atoms with Crippen molar-refractivity contribution >= 4 is 5.91 Å². The fourth-order valence-corrected chi connectivity index (χ4v) is 3.18.